The first-order valence-corrected chi connectivity index (χ1v) is 9.33. The lowest BCUT2D eigenvalue weighted by molar-refractivity contribution is -0.142. The SMILES string of the molecule is CC(=O)N1CC(=O)N(c2ccccc2)C[C@@]12CCN(C(=O)c1ccncc1)C2. The fraction of sp³-hybridized carbons (Fsp3) is 0.333. The predicted octanol–water partition coefficient (Wildman–Crippen LogP) is 1.56. The molecule has 0 unspecified atom stereocenters. The lowest BCUT2D eigenvalue weighted by Crippen LogP contribution is -2.67. The lowest BCUT2D eigenvalue weighted by atomic mass is 9.91. The number of nitrogens with zero attached hydrogens (tertiary/aromatic N) is 4. The minimum absolute atomic E-state index is 0.0293. The Labute approximate surface area is 163 Å². The van der Waals surface area contributed by atoms with E-state index in [-0.39, 0.29) is 24.3 Å². The van der Waals surface area contributed by atoms with Crippen molar-refractivity contribution < 1.29 is 14.4 Å². The number of pyridine rings is 1. The summed E-state index contributed by atoms with van der Waals surface area (Å²) in [6.07, 6.45) is 3.83. The molecular formula is C21H22N4O3. The van der Waals surface area contributed by atoms with Gasteiger partial charge in [-0.05, 0) is 30.7 Å². The summed E-state index contributed by atoms with van der Waals surface area (Å²) in [7, 11) is 0. The van der Waals surface area contributed by atoms with Gasteiger partial charge in [0, 0.05) is 43.7 Å². The van der Waals surface area contributed by atoms with Crippen molar-refractivity contribution in [1.82, 2.24) is 14.8 Å². The fourth-order valence-electron chi connectivity index (χ4n) is 4.20. The maximum absolute atomic E-state index is 12.9. The molecule has 1 aromatic carbocycles. The molecule has 4 rings (SSSR count). The summed E-state index contributed by atoms with van der Waals surface area (Å²) in [5, 5.41) is 0. The second-order valence-electron chi connectivity index (χ2n) is 7.36. The average Bonchev–Trinajstić information content (AvgIpc) is 3.14. The van der Waals surface area contributed by atoms with Crippen molar-refractivity contribution in [1.29, 1.82) is 0 Å². The molecule has 1 aromatic heterocycles. The molecule has 0 bridgehead atoms. The number of carbonyl (C=O) groups excluding carboxylic acids is 3. The van der Waals surface area contributed by atoms with Crippen molar-refractivity contribution in [3.05, 3.63) is 60.4 Å². The van der Waals surface area contributed by atoms with Crippen LogP contribution in [0.25, 0.3) is 0 Å². The first-order valence-electron chi connectivity index (χ1n) is 9.33. The van der Waals surface area contributed by atoms with Crippen molar-refractivity contribution in [2.75, 3.05) is 31.1 Å². The van der Waals surface area contributed by atoms with Crippen LogP contribution < -0.4 is 4.90 Å². The van der Waals surface area contributed by atoms with Crippen LogP contribution in [-0.4, -0.2) is 64.2 Å². The standard InChI is InChI=1S/C21H22N4O3/c1-16(26)25-13-19(27)24(18-5-3-2-4-6-18)15-21(25)9-12-23(14-21)20(28)17-7-10-22-11-8-17/h2-8,10-11H,9,12-15H2,1H3/t21-/m0/s1. The molecule has 7 heteroatoms. The van der Waals surface area contributed by atoms with Crippen LogP contribution in [0.1, 0.15) is 23.7 Å². The molecule has 0 N–H and O–H groups in total. The predicted molar refractivity (Wildman–Crippen MR) is 104 cm³/mol. The van der Waals surface area contributed by atoms with Gasteiger partial charge in [0.05, 0.1) is 12.1 Å². The Kier molecular flexibility index (Phi) is 4.58. The first kappa shape index (κ1) is 18.2. The van der Waals surface area contributed by atoms with Crippen molar-refractivity contribution in [3.63, 3.8) is 0 Å². The Hall–Kier alpha value is -3.22. The number of para-hydroxylation sites is 1. The van der Waals surface area contributed by atoms with E-state index in [0.717, 1.165) is 5.69 Å². The maximum atomic E-state index is 12.9. The molecular weight excluding hydrogens is 356 g/mol. The van der Waals surface area contributed by atoms with Gasteiger partial charge in [-0.1, -0.05) is 18.2 Å². The van der Waals surface area contributed by atoms with Crippen LogP contribution >= 0.6 is 0 Å². The van der Waals surface area contributed by atoms with Gasteiger partial charge in [0.25, 0.3) is 5.91 Å². The Morgan fingerprint density at radius 3 is 2.43 bits per heavy atom. The second kappa shape index (κ2) is 7.07. The first-order chi connectivity index (χ1) is 13.5. The average molecular weight is 378 g/mol. The number of carbonyl (C=O) groups is 3. The van der Waals surface area contributed by atoms with E-state index in [2.05, 4.69) is 4.98 Å². The quantitative estimate of drug-likeness (QED) is 0.795. The van der Waals surface area contributed by atoms with Crippen LogP contribution in [0.2, 0.25) is 0 Å². The molecule has 0 aliphatic carbocycles. The van der Waals surface area contributed by atoms with E-state index in [1.54, 1.807) is 39.2 Å². The fourth-order valence-corrected chi connectivity index (χ4v) is 4.20. The highest BCUT2D eigenvalue weighted by atomic mass is 16.2. The number of piperazine rings is 1. The molecule has 28 heavy (non-hydrogen) atoms. The van der Waals surface area contributed by atoms with Crippen LogP contribution in [0.15, 0.2) is 54.9 Å². The molecule has 0 saturated carbocycles. The second-order valence-corrected chi connectivity index (χ2v) is 7.36. The van der Waals surface area contributed by atoms with Gasteiger partial charge in [0.1, 0.15) is 6.54 Å². The van der Waals surface area contributed by atoms with Gasteiger partial charge in [-0.2, -0.15) is 0 Å². The highest BCUT2D eigenvalue weighted by molar-refractivity contribution is 5.99. The monoisotopic (exact) mass is 378 g/mol. The van der Waals surface area contributed by atoms with Gasteiger partial charge in [-0.3, -0.25) is 19.4 Å². The van der Waals surface area contributed by atoms with Crippen molar-refractivity contribution in [3.8, 4) is 0 Å². The zero-order valence-electron chi connectivity index (χ0n) is 15.7. The third-order valence-corrected chi connectivity index (χ3v) is 5.61. The summed E-state index contributed by atoms with van der Waals surface area (Å²) in [6, 6.07) is 12.8. The molecule has 1 spiro atoms. The zero-order valence-corrected chi connectivity index (χ0v) is 15.7. The number of amides is 3. The highest BCUT2D eigenvalue weighted by Crippen LogP contribution is 2.35. The Morgan fingerprint density at radius 2 is 1.75 bits per heavy atom. The smallest absolute Gasteiger partial charge is 0.254 e. The molecule has 2 aromatic rings. The Bertz CT molecular complexity index is 902. The zero-order chi connectivity index (χ0) is 19.7. The minimum Gasteiger partial charge on any atom is -0.336 e. The minimum atomic E-state index is -0.571. The summed E-state index contributed by atoms with van der Waals surface area (Å²) in [6.45, 7) is 2.85. The normalized spacial score (nSPS) is 22.0. The largest absolute Gasteiger partial charge is 0.336 e. The number of benzene rings is 1. The van der Waals surface area contributed by atoms with Gasteiger partial charge in [0.2, 0.25) is 11.8 Å². The van der Waals surface area contributed by atoms with Gasteiger partial charge in [-0.15, -0.1) is 0 Å². The number of anilines is 1. The van der Waals surface area contributed by atoms with Crippen LogP contribution in [0.5, 0.6) is 0 Å². The van der Waals surface area contributed by atoms with Crippen molar-refractivity contribution in [2.45, 2.75) is 18.9 Å². The number of likely N-dealkylation sites (tertiary alicyclic amines) is 1. The van der Waals surface area contributed by atoms with Crippen molar-refractivity contribution in [2.24, 2.45) is 0 Å². The van der Waals surface area contributed by atoms with E-state index in [0.29, 0.717) is 31.6 Å². The van der Waals surface area contributed by atoms with Crippen LogP contribution in [0, 0.1) is 0 Å². The van der Waals surface area contributed by atoms with E-state index >= 15 is 0 Å². The number of rotatable bonds is 2. The number of hydrogen-bond donors (Lipinski definition) is 0. The summed E-state index contributed by atoms with van der Waals surface area (Å²) in [4.78, 5) is 47.1. The van der Waals surface area contributed by atoms with Crippen LogP contribution in [0.4, 0.5) is 5.69 Å². The number of hydrogen-bond acceptors (Lipinski definition) is 4. The summed E-state index contributed by atoms with van der Waals surface area (Å²) in [5.41, 5.74) is 0.820. The van der Waals surface area contributed by atoms with E-state index < -0.39 is 5.54 Å². The molecule has 2 aliphatic rings. The molecule has 0 radical (unpaired) electrons. The van der Waals surface area contributed by atoms with Gasteiger partial charge < -0.3 is 14.7 Å². The van der Waals surface area contributed by atoms with Gasteiger partial charge in [0.15, 0.2) is 0 Å². The lowest BCUT2D eigenvalue weighted by Gasteiger charge is -2.48. The summed E-state index contributed by atoms with van der Waals surface area (Å²) >= 11 is 0. The molecule has 7 nitrogen and oxygen atoms in total. The van der Waals surface area contributed by atoms with Crippen LogP contribution in [-0.2, 0) is 9.59 Å². The van der Waals surface area contributed by atoms with E-state index in [9.17, 15) is 14.4 Å². The molecule has 2 fully saturated rings. The van der Waals surface area contributed by atoms with Crippen LogP contribution in [0.3, 0.4) is 0 Å². The highest BCUT2D eigenvalue weighted by Gasteiger charge is 2.51. The number of aromatic nitrogens is 1. The summed E-state index contributed by atoms with van der Waals surface area (Å²) in [5.74, 6) is -0.323. The Morgan fingerprint density at radius 1 is 1.04 bits per heavy atom. The molecule has 2 saturated heterocycles. The van der Waals surface area contributed by atoms with E-state index in [4.69, 9.17) is 0 Å². The summed E-state index contributed by atoms with van der Waals surface area (Å²) < 4.78 is 0. The third kappa shape index (κ3) is 3.13. The maximum Gasteiger partial charge on any atom is 0.254 e. The molecule has 3 heterocycles. The van der Waals surface area contributed by atoms with Crippen molar-refractivity contribution >= 4 is 23.4 Å². The van der Waals surface area contributed by atoms with E-state index in [1.807, 2.05) is 30.3 Å². The van der Waals surface area contributed by atoms with Gasteiger partial charge >= 0.3 is 0 Å². The molecule has 1 atom stereocenters. The molecule has 144 valence electrons. The van der Waals surface area contributed by atoms with E-state index in [1.165, 1.54) is 6.92 Å². The third-order valence-electron chi connectivity index (χ3n) is 5.61. The van der Waals surface area contributed by atoms with Gasteiger partial charge in [-0.25, -0.2) is 0 Å². The molecule has 2 aliphatic heterocycles. The Balaban J connectivity index is 1.62. The molecule has 3 amide bonds. The topological polar surface area (TPSA) is 73.8 Å².